The highest BCUT2D eigenvalue weighted by atomic mass is 16.2. The van der Waals surface area contributed by atoms with Crippen LogP contribution in [0.5, 0.6) is 0 Å². The maximum atomic E-state index is 12.3. The minimum atomic E-state index is -0.404. The highest BCUT2D eigenvalue weighted by molar-refractivity contribution is 6.06. The summed E-state index contributed by atoms with van der Waals surface area (Å²) in [5, 5.41) is 2.72. The average Bonchev–Trinajstić information content (AvgIpc) is 2.40. The lowest BCUT2D eigenvalue weighted by molar-refractivity contribution is -0.131. The van der Waals surface area contributed by atoms with Gasteiger partial charge in [0.25, 0.3) is 0 Å². The predicted octanol–water partition coefficient (Wildman–Crippen LogP) is 2.23. The lowest BCUT2D eigenvalue weighted by Gasteiger charge is -2.32. The maximum absolute atomic E-state index is 12.3. The number of anilines is 1. The molecule has 1 heterocycles. The Morgan fingerprint density at radius 3 is 2.30 bits per heavy atom. The third-order valence-corrected chi connectivity index (χ3v) is 3.65. The van der Waals surface area contributed by atoms with Crippen LogP contribution in [-0.2, 0) is 15.0 Å². The van der Waals surface area contributed by atoms with Gasteiger partial charge in [-0.05, 0) is 29.5 Å². The largest absolute Gasteiger partial charge is 0.343 e. The molecule has 108 valence electrons. The Hall–Kier alpha value is -1.84. The first-order valence-electron chi connectivity index (χ1n) is 7.04. The van der Waals surface area contributed by atoms with Crippen LogP contribution in [-0.4, -0.2) is 24.4 Å². The molecule has 1 aromatic carbocycles. The summed E-state index contributed by atoms with van der Waals surface area (Å²) in [6.07, 6.45) is 0.612. The van der Waals surface area contributed by atoms with Gasteiger partial charge in [-0.25, -0.2) is 0 Å². The third kappa shape index (κ3) is 2.84. The molecule has 1 N–H and O–H groups in total. The number of rotatable bonds is 2. The van der Waals surface area contributed by atoms with Crippen LogP contribution in [0.1, 0.15) is 39.7 Å². The van der Waals surface area contributed by atoms with Crippen LogP contribution in [0.15, 0.2) is 24.3 Å². The summed E-state index contributed by atoms with van der Waals surface area (Å²) < 4.78 is 0. The van der Waals surface area contributed by atoms with Crippen LogP contribution in [0.25, 0.3) is 0 Å². The van der Waals surface area contributed by atoms with E-state index in [0.29, 0.717) is 6.42 Å². The van der Waals surface area contributed by atoms with E-state index < -0.39 is 6.04 Å². The van der Waals surface area contributed by atoms with Crippen molar-refractivity contribution in [2.24, 2.45) is 0 Å². The number of hydrogen-bond acceptors (Lipinski definition) is 2. The van der Waals surface area contributed by atoms with Crippen LogP contribution >= 0.6 is 0 Å². The Morgan fingerprint density at radius 2 is 1.80 bits per heavy atom. The minimum Gasteiger partial charge on any atom is -0.343 e. The van der Waals surface area contributed by atoms with Gasteiger partial charge in [-0.2, -0.15) is 0 Å². The molecular formula is C16H22N2O2. The average molecular weight is 274 g/mol. The van der Waals surface area contributed by atoms with Crippen LogP contribution in [0.2, 0.25) is 0 Å². The molecule has 1 atom stereocenters. The van der Waals surface area contributed by atoms with Crippen LogP contribution in [0.4, 0.5) is 5.69 Å². The topological polar surface area (TPSA) is 49.4 Å². The Balaban J connectivity index is 2.26. The fraction of sp³-hybridized carbons (Fsp3) is 0.500. The predicted molar refractivity (Wildman–Crippen MR) is 79.7 cm³/mol. The first kappa shape index (κ1) is 14.6. The minimum absolute atomic E-state index is 0.0318. The Labute approximate surface area is 120 Å². The van der Waals surface area contributed by atoms with E-state index in [1.807, 2.05) is 31.2 Å². The zero-order valence-electron chi connectivity index (χ0n) is 12.6. The number of hydrogen-bond donors (Lipinski definition) is 1. The molecule has 1 aliphatic heterocycles. The van der Waals surface area contributed by atoms with E-state index in [9.17, 15) is 9.59 Å². The van der Waals surface area contributed by atoms with Gasteiger partial charge in [-0.3, -0.25) is 9.59 Å². The molecule has 0 saturated carbocycles. The summed E-state index contributed by atoms with van der Waals surface area (Å²) in [5.41, 5.74) is 2.08. The summed E-state index contributed by atoms with van der Waals surface area (Å²) in [6, 6.07) is 7.48. The van der Waals surface area contributed by atoms with Gasteiger partial charge < -0.3 is 10.2 Å². The van der Waals surface area contributed by atoms with Crippen molar-refractivity contribution < 1.29 is 9.59 Å². The van der Waals surface area contributed by atoms with Gasteiger partial charge in [-0.15, -0.1) is 0 Å². The first-order valence-corrected chi connectivity index (χ1v) is 7.04. The van der Waals surface area contributed by atoms with Gasteiger partial charge in [0.2, 0.25) is 11.8 Å². The van der Waals surface area contributed by atoms with Crippen LogP contribution in [0, 0.1) is 0 Å². The SMILES string of the molecule is CCC1NC(=O)CN(c2ccc(C(C)(C)C)cc2)C1=O. The Kier molecular flexibility index (Phi) is 3.84. The van der Waals surface area contributed by atoms with E-state index in [-0.39, 0.29) is 23.8 Å². The van der Waals surface area contributed by atoms with Gasteiger partial charge in [0.1, 0.15) is 12.6 Å². The van der Waals surface area contributed by atoms with E-state index in [0.717, 1.165) is 5.69 Å². The number of piperazine rings is 1. The second kappa shape index (κ2) is 5.27. The molecule has 0 aliphatic carbocycles. The number of amides is 2. The second-order valence-corrected chi connectivity index (χ2v) is 6.25. The van der Waals surface area contributed by atoms with E-state index in [2.05, 4.69) is 26.1 Å². The summed E-state index contributed by atoms with van der Waals surface area (Å²) in [4.78, 5) is 25.5. The molecule has 0 spiro atoms. The van der Waals surface area contributed by atoms with E-state index in [1.165, 1.54) is 5.56 Å². The lowest BCUT2D eigenvalue weighted by Crippen LogP contribution is -2.58. The van der Waals surface area contributed by atoms with Gasteiger partial charge in [0.15, 0.2) is 0 Å². The highest BCUT2D eigenvalue weighted by Crippen LogP contribution is 2.25. The number of nitrogens with zero attached hydrogens (tertiary/aromatic N) is 1. The molecule has 0 aromatic heterocycles. The number of carbonyl (C=O) groups excluding carboxylic acids is 2. The number of carbonyl (C=O) groups is 2. The standard InChI is InChI=1S/C16H22N2O2/c1-5-13-15(20)18(10-14(19)17-13)12-8-6-11(7-9-12)16(2,3)4/h6-9,13H,5,10H2,1-4H3,(H,17,19). The normalized spacial score (nSPS) is 20.0. The quantitative estimate of drug-likeness (QED) is 0.899. The molecule has 0 bridgehead atoms. The van der Waals surface area contributed by atoms with Gasteiger partial charge in [-0.1, -0.05) is 39.8 Å². The molecule has 1 aromatic rings. The molecule has 1 saturated heterocycles. The van der Waals surface area contributed by atoms with Gasteiger partial charge in [0.05, 0.1) is 0 Å². The molecule has 0 radical (unpaired) electrons. The van der Waals surface area contributed by atoms with E-state index in [1.54, 1.807) is 4.90 Å². The van der Waals surface area contributed by atoms with Crippen molar-refractivity contribution in [3.05, 3.63) is 29.8 Å². The summed E-state index contributed by atoms with van der Waals surface area (Å²) in [7, 11) is 0. The molecule has 2 amide bonds. The van der Waals surface area contributed by atoms with Crippen molar-refractivity contribution in [1.29, 1.82) is 0 Å². The van der Waals surface area contributed by atoms with E-state index >= 15 is 0 Å². The fourth-order valence-electron chi connectivity index (χ4n) is 2.35. The highest BCUT2D eigenvalue weighted by Gasteiger charge is 2.32. The molecule has 4 nitrogen and oxygen atoms in total. The van der Waals surface area contributed by atoms with Crippen molar-refractivity contribution in [3.8, 4) is 0 Å². The summed E-state index contributed by atoms with van der Waals surface area (Å²) >= 11 is 0. The molecule has 1 fully saturated rings. The van der Waals surface area contributed by atoms with Crippen molar-refractivity contribution in [2.75, 3.05) is 11.4 Å². The summed E-state index contributed by atoms with van der Waals surface area (Å²) in [5.74, 6) is -0.132. The smallest absolute Gasteiger partial charge is 0.250 e. The zero-order valence-corrected chi connectivity index (χ0v) is 12.6. The zero-order chi connectivity index (χ0) is 14.9. The van der Waals surface area contributed by atoms with Crippen LogP contribution < -0.4 is 10.2 Å². The first-order chi connectivity index (χ1) is 9.32. The Morgan fingerprint density at radius 1 is 1.20 bits per heavy atom. The van der Waals surface area contributed by atoms with Crippen molar-refractivity contribution in [3.63, 3.8) is 0 Å². The molecule has 2 rings (SSSR count). The lowest BCUT2D eigenvalue weighted by atomic mass is 9.87. The number of nitrogens with one attached hydrogen (secondary N) is 1. The van der Waals surface area contributed by atoms with Crippen LogP contribution in [0.3, 0.4) is 0 Å². The second-order valence-electron chi connectivity index (χ2n) is 6.25. The van der Waals surface area contributed by atoms with Crippen molar-refractivity contribution in [1.82, 2.24) is 5.32 Å². The Bertz CT molecular complexity index is 514. The summed E-state index contributed by atoms with van der Waals surface area (Å²) in [6.45, 7) is 8.44. The number of benzene rings is 1. The third-order valence-electron chi connectivity index (χ3n) is 3.65. The molecule has 1 aliphatic rings. The van der Waals surface area contributed by atoms with Gasteiger partial charge >= 0.3 is 0 Å². The van der Waals surface area contributed by atoms with Crippen molar-refractivity contribution >= 4 is 17.5 Å². The molecular weight excluding hydrogens is 252 g/mol. The molecule has 4 heteroatoms. The van der Waals surface area contributed by atoms with E-state index in [4.69, 9.17) is 0 Å². The van der Waals surface area contributed by atoms with Gasteiger partial charge in [0, 0.05) is 5.69 Å². The molecule has 20 heavy (non-hydrogen) atoms. The van der Waals surface area contributed by atoms with Crippen molar-refractivity contribution in [2.45, 2.75) is 45.6 Å². The molecule has 1 unspecified atom stereocenters. The fourth-order valence-corrected chi connectivity index (χ4v) is 2.35. The monoisotopic (exact) mass is 274 g/mol. The maximum Gasteiger partial charge on any atom is 0.250 e.